The van der Waals surface area contributed by atoms with Gasteiger partial charge in [-0.15, -0.1) is 0 Å². The molecule has 1 saturated heterocycles. The van der Waals surface area contributed by atoms with Crippen LogP contribution in [0.1, 0.15) is 25.8 Å². The predicted molar refractivity (Wildman–Crippen MR) is 96.6 cm³/mol. The molecule has 2 aliphatic rings. The van der Waals surface area contributed by atoms with Crippen LogP contribution in [0.2, 0.25) is 0 Å². The van der Waals surface area contributed by atoms with Gasteiger partial charge in [0.05, 0.1) is 13.2 Å². The van der Waals surface area contributed by atoms with Gasteiger partial charge in [-0.25, -0.2) is 0 Å². The highest BCUT2D eigenvalue weighted by atomic mass is 16.5. The molecule has 5 nitrogen and oxygen atoms in total. The third-order valence-corrected chi connectivity index (χ3v) is 5.50. The summed E-state index contributed by atoms with van der Waals surface area (Å²) in [5, 5.41) is 7.04. The largest absolute Gasteiger partial charge is 0.496 e. The van der Waals surface area contributed by atoms with E-state index >= 15 is 0 Å². The Morgan fingerprint density at radius 2 is 2.17 bits per heavy atom. The quantitative estimate of drug-likeness (QED) is 0.642. The van der Waals surface area contributed by atoms with Gasteiger partial charge in [-0.1, -0.05) is 32.0 Å². The number of hydrogen-bond donors (Lipinski definition) is 2. The zero-order chi connectivity index (χ0) is 17.2. The van der Waals surface area contributed by atoms with E-state index in [2.05, 4.69) is 35.5 Å². The third-order valence-electron chi connectivity index (χ3n) is 5.50. The highest BCUT2D eigenvalue weighted by Gasteiger charge is 2.59. The molecule has 0 spiro atoms. The van der Waals surface area contributed by atoms with Gasteiger partial charge in [-0.3, -0.25) is 4.99 Å². The predicted octanol–water partition coefficient (Wildman–Crippen LogP) is 2.22. The Hall–Kier alpha value is -1.75. The summed E-state index contributed by atoms with van der Waals surface area (Å²) >= 11 is 0. The van der Waals surface area contributed by atoms with Gasteiger partial charge in [0.15, 0.2) is 5.96 Å². The lowest BCUT2D eigenvalue weighted by molar-refractivity contribution is -0.106. The van der Waals surface area contributed by atoms with E-state index in [1.54, 1.807) is 7.11 Å². The van der Waals surface area contributed by atoms with Crippen molar-refractivity contribution in [3.63, 3.8) is 0 Å². The number of methoxy groups -OCH3 is 1. The molecular weight excluding hydrogens is 302 g/mol. The normalized spacial score (nSPS) is 28.0. The lowest BCUT2D eigenvalue weighted by Gasteiger charge is -2.54. The Labute approximate surface area is 144 Å². The van der Waals surface area contributed by atoms with E-state index in [0.717, 1.165) is 37.7 Å². The average Bonchev–Trinajstić information content (AvgIpc) is 3.05. The van der Waals surface area contributed by atoms with E-state index in [-0.39, 0.29) is 5.41 Å². The highest BCUT2D eigenvalue weighted by Crippen LogP contribution is 2.52. The van der Waals surface area contributed by atoms with Gasteiger partial charge in [-0.05, 0) is 24.5 Å². The molecule has 3 atom stereocenters. The van der Waals surface area contributed by atoms with E-state index in [9.17, 15) is 0 Å². The van der Waals surface area contributed by atoms with Crippen molar-refractivity contribution in [3.8, 4) is 5.75 Å². The monoisotopic (exact) mass is 331 g/mol. The second-order valence-electron chi connectivity index (χ2n) is 7.25. The first-order valence-electron chi connectivity index (χ1n) is 8.78. The molecule has 1 aliphatic heterocycles. The maximum atomic E-state index is 5.86. The van der Waals surface area contributed by atoms with Gasteiger partial charge in [-0.2, -0.15) is 0 Å². The van der Waals surface area contributed by atoms with E-state index in [1.807, 2.05) is 25.2 Å². The molecule has 1 aromatic carbocycles. The molecule has 3 unspecified atom stereocenters. The summed E-state index contributed by atoms with van der Waals surface area (Å²) in [7, 11) is 3.54. The van der Waals surface area contributed by atoms with E-state index in [4.69, 9.17) is 9.47 Å². The maximum absolute atomic E-state index is 5.86. The number of guanidine groups is 1. The summed E-state index contributed by atoms with van der Waals surface area (Å²) < 4.78 is 11.3. The van der Waals surface area contributed by atoms with E-state index in [0.29, 0.717) is 18.1 Å². The Morgan fingerprint density at radius 3 is 2.92 bits per heavy atom. The number of benzene rings is 1. The van der Waals surface area contributed by atoms with Crippen molar-refractivity contribution in [2.45, 2.75) is 38.8 Å². The fourth-order valence-corrected chi connectivity index (χ4v) is 4.18. The number of nitrogens with one attached hydrogen (secondary N) is 2. The molecule has 3 rings (SSSR count). The van der Waals surface area contributed by atoms with Crippen LogP contribution in [0, 0.1) is 11.3 Å². The van der Waals surface area contributed by atoms with E-state index < -0.39 is 0 Å². The summed E-state index contributed by atoms with van der Waals surface area (Å²) in [4.78, 5) is 4.39. The molecule has 1 aliphatic carbocycles. The van der Waals surface area contributed by atoms with Crippen LogP contribution in [0.3, 0.4) is 0 Å². The van der Waals surface area contributed by atoms with Crippen LogP contribution in [0.5, 0.6) is 5.75 Å². The second-order valence-corrected chi connectivity index (χ2v) is 7.25. The molecule has 1 heterocycles. The summed E-state index contributed by atoms with van der Waals surface area (Å²) in [5.41, 5.74) is 1.36. The first kappa shape index (κ1) is 17.1. The summed E-state index contributed by atoms with van der Waals surface area (Å²) in [6, 6.07) is 8.56. The van der Waals surface area contributed by atoms with Crippen LogP contribution >= 0.6 is 0 Å². The summed E-state index contributed by atoms with van der Waals surface area (Å²) in [6.07, 6.45) is 2.43. The lowest BCUT2D eigenvalue weighted by atomic mass is 9.57. The number of rotatable bonds is 5. The molecule has 0 radical (unpaired) electrons. The van der Waals surface area contributed by atoms with Crippen molar-refractivity contribution >= 4 is 5.96 Å². The van der Waals surface area contributed by atoms with Crippen LogP contribution in [-0.2, 0) is 11.2 Å². The van der Waals surface area contributed by atoms with Crippen LogP contribution < -0.4 is 15.4 Å². The standard InChI is InChI=1S/C19H29N3O2/c1-19(2)16(14-10-12-24-17(14)19)22-18(20-3)21-11-9-13-7-5-6-8-15(13)23-4/h5-8,14,16-17H,9-12H2,1-4H3,(H2,20,21,22). The smallest absolute Gasteiger partial charge is 0.191 e. The fraction of sp³-hybridized carbons (Fsp3) is 0.632. The van der Waals surface area contributed by atoms with Gasteiger partial charge in [0, 0.05) is 37.6 Å². The van der Waals surface area contributed by atoms with Crippen LogP contribution in [0.15, 0.2) is 29.3 Å². The van der Waals surface area contributed by atoms with Crippen molar-refractivity contribution < 1.29 is 9.47 Å². The van der Waals surface area contributed by atoms with Crippen molar-refractivity contribution in [1.29, 1.82) is 0 Å². The average molecular weight is 331 g/mol. The Kier molecular flexibility index (Phi) is 4.99. The molecule has 2 fully saturated rings. The fourth-order valence-electron chi connectivity index (χ4n) is 4.18. The summed E-state index contributed by atoms with van der Waals surface area (Å²) in [6.45, 7) is 6.26. The lowest BCUT2D eigenvalue weighted by Crippen LogP contribution is -2.68. The van der Waals surface area contributed by atoms with Gasteiger partial charge < -0.3 is 20.1 Å². The molecule has 0 aromatic heterocycles. The number of para-hydroxylation sites is 1. The molecule has 2 N–H and O–H groups in total. The molecule has 0 amide bonds. The minimum absolute atomic E-state index is 0.154. The summed E-state index contributed by atoms with van der Waals surface area (Å²) in [5.74, 6) is 2.41. The van der Waals surface area contributed by atoms with Crippen molar-refractivity contribution in [2.24, 2.45) is 16.3 Å². The number of ether oxygens (including phenoxy) is 2. The van der Waals surface area contributed by atoms with Gasteiger partial charge in [0.25, 0.3) is 0 Å². The molecular formula is C19H29N3O2. The molecule has 5 heteroatoms. The minimum atomic E-state index is 0.154. The first-order valence-corrected chi connectivity index (χ1v) is 8.78. The Morgan fingerprint density at radius 1 is 1.38 bits per heavy atom. The number of nitrogens with zero attached hydrogens (tertiary/aromatic N) is 1. The first-order chi connectivity index (χ1) is 11.6. The number of hydrogen-bond acceptors (Lipinski definition) is 3. The number of fused-ring (bicyclic) bond motifs is 1. The van der Waals surface area contributed by atoms with Gasteiger partial charge in [0.2, 0.25) is 0 Å². The highest BCUT2D eigenvalue weighted by molar-refractivity contribution is 5.80. The maximum Gasteiger partial charge on any atom is 0.191 e. The molecule has 24 heavy (non-hydrogen) atoms. The van der Waals surface area contributed by atoms with Gasteiger partial charge >= 0.3 is 0 Å². The Balaban J connectivity index is 1.53. The Bertz CT molecular complexity index is 600. The van der Waals surface area contributed by atoms with Crippen molar-refractivity contribution in [3.05, 3.63) is 29.8 Å². The molecule has 132 valence electrons. The third kappa shape index (κ3) is 3.09. The van der Waals surface area contributed by atoms with Crippen LogP contribution in [-0.4, -0.2) is 45.4 Å². The molecule has 1 saturated carbocycles. The van der Waals surface area contributed by atoms with Gasteiger partial charge in [0.1, 0.15) is 5.75 Å². The SMILES string of the molecule is CN=C(NCCc1ccccc1OC)NC1C2CCOC2C1(C)C. The van der Waals surface area contributed by atoms with Crippen LogP contribution in [0.4, 0.5) is 0 Å². The number of aliphatic imine (C=N–C) groups is 1. The molecule has 1 aromatic rings. The minimum Gasteiger partial charge on any atom is -0.496 e. The molecule has 0 bridgehead atoms. The second kappa shape index (κ2) is 7.01. The zero-order valence-electron chi connectivity index (χ0n) is 15.1. The van der Waals surface area contributed by atoms with Crippen molar-refractivity contribution in [2.75, 3.05) is 27.3 Å². The van der Waals surface area contributed by atoms with Crippen molar-refractivity contribution in [1.82, 2.24) is 10.6 Å². The topological polar surface area (TPSA) is 54.9 Å². The zero-order valence-corrected chi connectivity index (χ0v) is 15.1. The van der Waals surface area contributed by atoms with E-state index in [1.165, 1.54) is 5.56 Å². The van der Waals surface area contributed by atoms with Crippen LogP contribution in [0.25, 0.3) is 0 Å².